The average molecular weight is 385 g/mol. The molecule has 0 saturated carbocycles. The largest absolute Gasteiger partial charge is 0.438 e. The molecule has 0 saturated heterocycles. The summed E-state index contributed by atoms with van der Waals surface area (Å²) in [5.74, 6) is 0.298. The van der Waals surface area contributed by atoms with E-state index in [9.17, 15) is 14.5 Å². The van der Waals surface area contributed by atoms with Crippen molar-refractivity contribution in [2.75, 3.05) is 5.32 Å². The van der Waals surface area contributed by atoms with Gasteiger partial charge in [0.15, 0.2) is 0 Å². The molecule has 27 heavy (non-hydrogen) atoms. The fourth-order valence-electron chi connectivity index (χ4n) is 2.56. The van der Waals surface area contributed by atoms with Crippen LogP contribution >= 0.6 is 11.6 Å². The van der Waals surface area contributed by atoms with Crippen LogP contribution in [0.25, 0.3) is 22.4 Å². The second kappa shape index (κ2) is 6.65. The monoisotopic (exact) mass is 384 g/mol. The molecule has 2 aromatic carbocycles. The number of hydrogen-bond acceptors (Lipinski definition) is 6. The SMILES string of the molecule is O=[N+]([O-])c1ccc(-c2cc3c(Nc4ccc(Cl)cc4F)ncnc3o2)cc1. The fourth-order valence-corrected chi connectivity index (χ4v) is 2.72. The fraction of sp³-hybridized carbons (Fsp3) is 0. The van der Waals surface area contributed by atoms with Gasteiger partial charge in [-0.2, -0.15) is 0 Å². The molecule has 0 amide bonds. The Morgan fingerprint density at radius 2 is 1.89 bits per heavy atom. The minimum Gasteiger partial charge on any atom is -0.438 e. The third-order valence-corrected chi connectivity index (χ3v) is 4.11. The standard InChI is InChI=1S/C18H10ClFN4O3/c19-11-3-6-15(14(20)7-11)23-17-13-8-16(27-18(13)22-9-21-17)10-1-4-12(5-2-10)24(25)26/h1-9H,(H,21,22,23). The van der Waals surface area contributed by atoms with E-state index in [2.05, 4.69) is 15.3 Å². The number of nitro groups is 1. The van der Waals surface area contributed by atoms with E-state index in [-0.39, 0.29) is 16.4 Å². The number of furan rings is 1. The molecule has 0 atom stereocenters. The Labute approximate surface area is 156 Å². The van der Waals surface area contributed by atoms with Crippen molar-refractivity contribution < 1.29 is 13.7 Å². The van der Waals surface area contributed by atoms with Crippen LogP contribution in [0.2, 0.25) is 5.02 Å². The average Bonchev–Trinajstić information content (AvgIpc) is 3.09. The van der Waals surface area contributed by atoms with Crippen molar-refractivity contribution in [1.82, 2.24) is 9.97 Å². The first-order chi connectivity index (χ1) is 13.0. The Bertz CT molecular complexity index is 1160. The molecular weight excluding hydrogens is 375 g/mol. The van der Waals surface area contributed by atoms with Crippen LogP contribution in [0.5, 0.6) is 0 Å². The van der Waals surface area contributed by atoms with Crippen molar-refractivity contribution in [3.05, 3.63) is 75.8 Å². The van der Waals surface area contributed by atoms with Gasteiger partial charge in [-0.25, -0.2) is 14.4 Å². The lowest BCUT2D eigenvalue weighted by Gasteiger charge is -2.07. The quantitative estimate of drug-likeness (QED) is 0.377. The van der Waals surface area contributed by atoms with E-state index < -0.39 is 10.7 Å². The molecule has 0 unspecified atom stereocenters. The van der Waals surface area contributed by atoms with Gasteiger partial charge in [-0.3, -0.25) is 10.1 Å². The molecule has 0 radical (unpaired) electrons. The molecule has 1 N–H and O–H groups in total. The summed E-state index contributed by atoms with van der Waals surface area (Å²) in [6, 6.07) is 11.9. The van der Waals surface area contributed by atoms with Crippen molar-refractivity contribution in [2.24, 2.45) is 0 Å². The van der Waals surface area contributed by atoms with Gasteiger partial charge >= 0.3 is 0 Å². The number of nitro benzene ring substituents is 1. The predicted octanol–water partition coefficient (Wildman–Crippen LogP) is 5.33. The summed E-state index contributed by atoms with van der Waals surface area (Å²) in [4.78, 5) is 18.5. The maximum atomic E-state index is 14.0. The molecule has 0 aliphatic rings. The second-order valence-corrected chi connectivity index (χ2v) is 6.04. The minimum absolute atomic E-state index is 0.0183. The molecule has 4 rings (SSSR count). The summed E-state index contributed by atoms with van der Waals surface area (Å²) >= 11 is 5.77. The van der Waals surface area contributed by atoms with Crippen molar-refractivity contribution >= 4 is 39.9 Å². The number of nitrogens with zero attached hydrogens (tertiary/aromatic N) is 3. The number of fused-ring (bicyclic) bond motifs is 1. The molecule has 0 aliphatic carbocycles. The van der Waals surface area contributed by atoms with E-state index in [1.807, 2.05) is 0 Å². The van der Waals surface area contributed by atoms with Crippen LogP contribution in [-0.2, 0) is 0 Å². The highest BCUT2D eigenvalue weighted by atomic mass is 35.5. The van der Waals surface area contributed by atoms with Gasteiger partial charge in [0.05, 0.1) is 16.0 Å². The number of aromatic nitrogens is 2. The van der Waals surface area contributed by atoms with Gasteiger partial charge in [0.1, 0.15) is 23.7 Å². The van der Waals surface area contributed by atoms with Crippen LogP contribution in [-0.4, -0.2) is 14.9 Å². The zero-order valence-corrected chi connectivity index (χ0v) is 14.3. The Balaban J connectivity index is 1.72. The lowest BCUT2D eigenvalue weighted by atomic mass is 10.1. The van der Waals surface area contributed by atoms with E-state index >= 15 is 0 Å². The highest BCUT2D eigenvalue weighted by Crippen LogP contribution is 2.32. The first-order valence-corrected chi connectivity index (χ1v) is 8.10. The molecule has 2 heterocycles. The topological polar surface area (TPSA) is 94.1 Å². The predicted molar refractivity (Wildman–Crippen MR) is 98.6 cm³/mol. The van der Waals surface area contributed by atoms with Crippen LogP contribution in [0.15, 0.2) is 59.3 Å². The smallest absolute Gasteiger partial charge is 0.269 e. The van der Waals surface area contributed by atoms with Crippen LogP contribution in [0.4, 0.5) is 21.6 Å². The van der Waals surface area contributed by atoms with Crippen molar-refractivity contribution in [3.63, 3.8) is 0 Å². The summed E-state index contributed by atoms with van der Waals surface area (Å²) in [5.41, 5.74) is 1.13. The zero-order chi connectivity index (χ0) is 19.0. The molecule has 0 fully saturated rings. The van der Waals surface area contributed by atoms with Gasteiger partial charge in [-0.1, -0.05) is 11.6 Å². The number of nitrogens with one attached hydrogen (secondary N) is 1. The van der Waals surface area contributed by atoms with Crippen LogP contribution < -0.4 is 5.32 Å². The number of anilines is 2. The van der Waals surface area contributed by atoms with E-state index in [4.69, 9.17) is 16.0 Å². The van der Waals surface area contributed by atoms with Gasteiger partial charge in [-0.15, -0.1) is 0 Å². The summed E-state index contributed by atoms with van der Waals surface area (Å²) in [7, 11) is 0. The van der Waals surface area contributed by atoms with Gasteiger partial charge < -0.3 is 9.73 Å². The maximum Gasteiger partial charge on any atom is 0.269 e. The van der Waals surface area contributed by atoms with E-state index in [0.29, 0.717) is 28.2 Å². The summed E-state index contributed by atoms with van der Waals surface area (Å²) < 4.78 is 19.7. The lowest BCUT2D eigenvalue weighted by molar-refractivity contribution is -0.384. The second-order valence-electron chi connectivity index (χ2n) is 5.60. The Kier molecular flexibility index (Phi) is 4.17. The third-order valence-electron chi connectivity index (χ3n) is 3.88. The molecule has 0 spiro atoms. The van der Waals surface area contributed by atoms with Gasteiger partial charge in [-0.05, 0) is 36.4 Å². The number of halogens is 2. The normalized spacial score (nSPS) is 10.9. The van der Waals surface area contributed by atoms with Gasteiger partial charge in [0.25, 0.3) is 5.69 Å². The maximum absolute atomic E-state index is 14.0. The highest BCUT2D eigenvalue weighted by molar-refractivity contribution is 6.30. The summed E-state index contributed by atoms with van der Waals surface area (Å²) in [6.07, 6.45) is 1.29. The zero-order valence-electron chi connectivity index (χ0n) is 13.5. The number of rotatable bonds is 4. The Morgan fingerprint density at radius 1 is 1.11 bits per heavy atom. The lowest BCUT2D eigenvalue weighted by Crippen LogP contribution is -1.97. The van der Waals surface area contributed by atoms with Gasteiger partial charge in [0.2, 0.25) is 5.71 Å². The molecule has 0 aliphatic heterocycles. The molecule has 9 heteroatoms. The summed E-state index contributed by atoms with van der Waals surface area (Å²) in [5, 5.41) is 14.5. The molecule has 134 valence electrons. The van der Waals surface area contributed by atoms with E-state index in [1.165, 1.54) is 30.6 Å². The minimum atomic E-state index is -0.520. The Hall–Kier alpha value is -3.52. The van der Waals surface area contributed by atoms with E-state index in [0.717, 1.165) is 0 Å². The first kappa shape index (κ1) is 16.9. The molecule has 4 aromatic rings. The third kappa shape index (κ3) is 3.30. The van der Waals surface area contributed by atoms with Gasteiger partial charge in [0, 0.05) is 22.7 Å². The van der Waals surface area contributed by atoms with Crippen LogP contribution in [0.1, 0.15) is 0 Å². The first-order valence-electron chi connectivity index (χ1n) is 7.73. The van der Waals surface area contributed by atoms with Crippen molar-refractivity contribution in [3.8, 4) is 11.3 Å². The molecular formula is C18H10ClFN4O3. The van der Waals surface area contributed by atoms with E-state index in [1.54, 1.807) is 24.3 Å². The highest BCUT2D eigenvalue weighted by Gasteiger charge is 2.14. The van der Waals surface area contributed by atoms with Crippen molar-refractivity contribution in [1.29, 1.82) is 0 Å². The summed E-state index contributed by atoms with van der Waals surface area (Å²) in [6.45, 7) is 0. The molecule has 0 bridgehead atoms. The van der Waals surface area contributed by atoms with Crippen molar-refractivity contribution in [2.45, 2.75) is 0 Å². The Morgan fingerprint density at radius 3 is 2.59 bits per heavy atom. The molecule has 2 aromatic heterocycles. The van der Waals surface area contributed by atoms with Crippen LogP contribution in [0, 0.1) is 15.9 Å². The molecule has 7 nitrogen and oxygen atoms in total. The van der Waals surface area contributed by atoms with Crippen LogP contribution in [0.3, 0.4) is 0 Å². The number of benzene rings is 2. The number of non-ortho nitro benzene ring substituents is 1. The number of hydrogen-bond donors (Lipinski definition) is 1.